The van der Waals surface area contributed by atoms with Crippen molar-refractivity contribution in [2.24, 2.45) is 0 Å². The summed E-state index contributed by atoms with van der Waals surface area (Å²) < 4.78 is 8.85. The Labute approximate surface area is 448 Å². The van der Waals surface area contributed by atoms with Crippen LogP contribution < -0.4 is 20.7 Å². The normalized spacial score (nSPS) is 14.5. The molecule has 2 bridgehead atoms. The molecule has 2 unspecified atom stereocenters. The van der Waals surface area contributed by atoms with Gasteiger partial charge in [0, 0.05) is 33.4 Å². The molecule has 17 rings (SSSR count). The molecule has 77 heavy (non-hydrogen) atoms. The van der Waals surface area contributed by atoms with Crippen LogP contribution in [0.5, 0.6) is 0 Å². The van der Waals surface area contributed by atoms with Gasteiger partial charge in [-0.15, -0.1) is 0 Å². The van der Waals surface area contributed by atoms with E-state index in [1.165, 1.54) is 115 Å². The predicted molar refractivity (Wildman–Crippen MR) is 323 cm³/mol. The Kier molecular flexibility index (Phi) is 9.82. The SMILES string of the molecule is c1ccc(-c2cc(-c3ccccc3)cc([Si](c3ccccc3)(c3ccccc3)c3cccc4c3C3c5ccccc5C4c4cccc(-n5c6ccccc6c6cc(-c7ccc8oc9ccccc9c8c7)ccc65)c43)c2)cc1. The fraction of sp³-hybridized carbons (Fsp3) is 0.0270. The van der Waals surface area contributed by atoms with Crippen molar-refractivity contribution < 1.29 is 4.42 Å². The van der Waals surface area contributed by atoms with E-state index in [0.29, 0.717) is 0 Å². The van der Waals surface area contributed by atoms with Gasteiger partial charge in [-0.2, -0.15) is 0 Å². The average Bonchev–Trinajstić information content (AvgIpc) is 4.19. The van der Waals surface area contributed by atoms with Gasteiger partial charge in [0.25, 0.3) is 0 Å². The summed E-state index contributed by atoms with van der Waals surface area (Å²) in [4.78, 5) is 0. The summed E-state index contributed by atoms with van der Waals surface area (Å²) in [5.74, 6) is -0.00529. The second-order valence-corrected chi connectivity index (χ2v) is 24.8. The molecule has 3 aliphatic rings. The third-order valence-electron chi connectivity index (χ3n) is 17.1. The van der Waals surface area contributed by atoms with E-state index in [1.54, 1.807) is 0 Å². The molecule has 0 aliphatic heterocycles. The number of fused-ring (bicyclic) bond motifs is 6. The van der Waals surface area contributed by atoms with E-state index in [0.717, 1.165) is 21.9 Å². The van der Waals surface area contributed by atoms with Crippen LogP contribution in [0.4, 0.5) is 0 Å². The summed E-state index contributed by atoms with van der Waals surface area (Å²) in [5, 5.41) is 10.3. The van der Waals surface area contributed by atoms with Crippen molar-refractivity contribution in [3.05, 3.63) is 318 Å². The Bertz CT molecular complexity index is 4530. The first-order valence-corrected chi connectivity index (χ1v) is 28.9. The lowest BCUT2D eigenvalue weighted by molar-refractivity contribution is 0.669. The van der Waals surface area contributed by atoms with Gasteiger partial charge in [0.05, 0.1) is 16.7 Å². The Morgan fingerprint density at radius 2 is 0.792 bits per heavy atom. The molecule has 2 heterocycles. The highest BCUT2D eigenvalue weighted by atomic mass is 28.3. The smallest absolute Gasteiger partial charge is 0.179 e. The molecular formula is C74H49NOSi. The zero-order valence-corrected chi connectivity index (χ0v) is 43.1. The van der Waals surface area contributed by atoms with Crippen LogP contribution in [0.2, 0.25) is 0 Å². The van der Waals surface area contributed by atoms with Gasteiger partial charge in [-0.25, -0.2) is 0 Å². The van der Waals surface area contributed by atoms with E-state index in [-0.39, 0.29) is 11.8 Å². The van der Waals surface area contributed by atoms with Crippen LogP contribution in [0.3, 0.4) is 0 Å². The van der Waals surface area contributed by atoms with Gasteiger partial charge in [0.2, 0.25) is 0 Å². The number of hydrogen-bond donors (Lipinski definition) is 0. The third kappa shape index (κ3) is 6.54. The van der Waals surface area contributed by atoms with Crippen LogP contribution in [-0.4, -0.2) is 12.6 Å². The fourth-order valence-electron chi connectivity index (χ4n) is 13.9. The molecule has 3 heteroatoms. The number of rotatable bonds is 8. The van der Waals surface area contributed by atoms with E-state index in [2.05, 4.69) is 284 Å². The summed E-state index contributed by atoms with van der Waals surface area (Å²) in [6.07, 6.45) is 0. The lowest BCUT2D eigenvalue weighted by atomic mass is 9.60. The summed E-state index contributed by atoms with van der Waals surface area (Å²) in [6.45, 7) is 0. The average molecular weight is 996 g/mol. The van der Waals surface area contributed by atoms with Gasteiger partial charge in [-0.05, 0) is 136 Å². The first-order chi connectivity index (χ1) is 38.2. The number of furan rings is 1. The predicted octanol–water partition coefficient (Wildman–Crippen LogP) is 16.0. The molecule has 0 amide bonds. The van der Waals surface area contributed by atoms with Crippen molar-refractivity contribution in [3.63, 3.8) is 0 Å². The highest BCUT2D eigenvalue weighted by molar-refractivity contribution is 7.20. The number of benzene rings is 12. The molecule has 0 fully saturated rings. The van der Waals surface area contributed by atoms with Gasteiger partial charge < -0.3 is 8.98 Å². The molecule has 2 nitrogen and oxygen atoms in total. The highest BCUT2D eigenvalue weighted by Crippen LogP contribution is 2.57. The number of hydrogen-bond acceptors (Lipinski definition) is 1. The largest absolute Gasteiger partial charge is 0.456 e. The van der Waals surface area contributed by atoms with Crippen LogP contribution >= 0.6 is 0 Å². The standard InChI is InChI=1S/C74H49NOSi/c1-5-21-48(22-6-1)52-43-53(49-23-7-2-8-24-49)45-56(44-52)77(54-25-9-3-10-26-54,55-27-11-4-12-28-55)70-38-20-34-62-71-59-31-13-14-32-60(59)74(73(62)70)72-61(71)33-19-36-67(72)75-65-35-17-15-29-57(65)63-46-50(39-41-66(63)75)51-40-42-69-64(47-51)58-30-16-18-37-68(58)76-69/h1-47,71,74H. The summed E-state index contributed by atoms with van der Waals surface area (Å²) in [6, 6.07) is 107. The van der Waals surface area contributed by atoms with Gasteiger partial charge in [0.15, 0.2) is 8.07 Å². The Hall–Kier alpha value is -9.54. The fourth-order valence-corrected chi connectivity index (χ4v) is 19.0. The van der Waals surface area contributed by atoms with E-state index in [4.69, 9.17) is 4.42 Å². The third-order valence-corrected chi connectivity index (χ3v) is 21.9. The van der Waals surface area contributed by atoms with E-state index in [9.17, 15) is 0 Å². The second-order valence-electron chi connectivity index (χ2n) is 21.0. The molecule has 0 radical (unpaired) electrons. The second kappa shape index (κ2) is 17.3. The molecule has 3 aliphatic carbocycles. The van der Waals surface area contributed by atoms with Crippen molar-refractivity contribution in [1.82, 2.24) is 4.57 Å². The van der Waals surface area contributed by atoms with Crippen LogP contribution in [0.15, 0.2) is 290 Å². The Balaban J connectivity index is 0.968. The molecular weight excluding hydrogens is 947 g/mol. The van der Waals surface area contributed by atoms with Gasteiger partial charge in [-0.3, -0.25) is 0 Å². The van der Waals surface area contributed by atoms with E-state index >= 15 is 0 Å². The molecule has 0 saturated carbocycles. The molecule has 2 atom stereocenters. The molecule has 0 spiro atoms. The van der Waals surface area contributed by atoms with E-state index in [1.807, 2.05) is 6.07 Å². The van der Waals surface area contributed by atoms with Crippen LogP contribution in [0, 0.1) is 0 Å². The molecule has 0 saturated heterocycles. The maximum absolute atomic E-state index is 6.27. The van der Waals surface area contributed by atoms with Crippen LogP contribution in [0.1, 0.15) is 45.2 Å². The number of para-hydroxylation sites is 2. The minimum atomic E-state index is -3.24. The molecule has 360 valence electrons. The van der Waals surface area contributed by atoms with Crippen LogP contribution in [0.25, 0.3) is 82.8 Å². The topological polar surface area (TPSA) is 18.1 Å². The molecule has 12 aromatic carbocycles. The number of aromatic nitrogens is 1. The summed E-state index contributed by atoms with van der Waals surface area (Å²) in [5.41, 5.74) is 21.1. The zero-order valence-electron chi connectivity index (χ0n) is 42.1. The van der Waals surface area contributed by atoms with Crippen molar-refractivity contribution in [2.75, 3.05) is 0 Å². The first-order valence-electron chi connectivity index (χ1n) is 26.9. The van der Waals surface area contributed by atoms with Gasteiger partial charge in [-0.1, -0.05) is 237 Å². The Morgan fingerprint density at radius 1 is 0.286 bits per heavy atom. The summed E-state index contributed by atoms with van der Waals surface area (Å²) in [7, 11) is -3.24. The van der Waals surface area contributed by atoms with E-state index < -0.39 is 8.07 Å². The number of nitrogens with zero attached hydrogens (tertiary/aromatic N) is 1. The minimum absolute atomic E-state index is 0.0449. The van der Waals surface area contributed by atoms with Crippen molar-refractivity contribution in [3.8, 4) is 39.1 Å². The van der Waals surface area contributed by atoms with Gasteiger partial charge >= 0.3 is 0 Å². The minimum Gasteiger partial charge on any atom is -0.456 e. The maximum Gasteiger partial charge on any atom is 0.179 e. The first kappa shape index (κ1) is 43.8. The van der Waals surface area contributed by atoms with Crippen molar-refractivity contribution in [1.29, 1.82) is 0 Å². The molecule has 14 aromatic rings. The maximum atomic E-state index is 6.27. The zero-order chi connectivity index (χ0) is 50.6. The van der Waals surface area contributed by atoms with Crippen molar-refractivity contribution >= 4 is 72.6 Å². The Morgan fingerprint density at radius 3 is 1.48 bits per heavy atom. The monoisotopic (exact) mass is 995 g/mol. The van der Waals surface area contributed by atoms with Crippen LogP contribution in [-0.2, 0) is 0 Å². The van der Waals surface area contributed by atoms with Crippen molar-refractivity contribution in [2.45, 2.75) is 11.8 Å². The highest BCUT2D eigenvalue weighted by Gasteiger charge is 2.50. The summed E-state index contributed by atoms with van der Waals surface area (Å²) >= 11 is 0. The lowest BCUT2D eigenvalue weighted by Gasteiger charge is -2.47. The molecule has 2 aromatic heterocycles. The van der Waals surface area contributed by atoms with Gasteiger partial charge in [0.1, 0.15) is 11.2 Å². The molecule has 0 N–H and O–H groups in total. The lowest BCUT2D eigenvalue weighted by Crippen LogP contribution is -2.75. The quantitative estimate of drug-likeness (QED) is 0.110.